The van der Waals surface area contributed by atoms with Gasteiger partial charge in [-0.3, -0.25) is 4.79 Å². The Balaban J connectivity index is 2.50. The van der Waals surface area contributed by atoms with Crippen molar-refractivity contribution in [3.05, 3.63) is 35.4 Å². The van der Waals surface area contributed by atoms with Gasteiger partial charge in [0.25, 0.3) is 0 Å². The quantitative estimate of drug-likeness (QED) is 0.918. The molecular formula is C14H16F2O3. The van der Waals surface area contributed by atoms with Crippen LogP contribution in [-0.4, -0.2) is 24.3 Å². The summed E-state index contributed by atoms with van der Waals surface area (Å²) >= 11 is 0. The maximum atomic E-state index is 13.4. The topological polar surface area (TPSA) is 46.5 Å². The van der Waals surface area contributed by atoms with Crippen LogP contribution in [-0.2, 0) is 14.9 Å². The van der Waals surface area contributed by atoms with Crippen LogP contribution in [0.1, 0.15) is 25.3 Å². The number of carbonyl (C=O) groups is 1. The lowest BCUT2D eigenvalue weighted by Crippen LogP contribution is -2.43. The van der Waals surface area contributed by atoms with E-state index in [2.05, 4.69) is 0 Å². The minimum Gasteiger partial charge on any atom is -0.481 e. The van der Waals surface area contributed by atoms with Gasteiger partial charge >= 0.3 is 5.97 Å². The van der Waals surface area contributed by atoms with Gasteiger partial charge in [0.15, 0.2) is 0 Å². The van der Waals surface area contributed by atoms with Crippen LogP contribution in [0.3, 0.4) is 0 Å². The van der Waals surface area contributed by atoms with E-state index in [1.54, 1.807) is 6.92 Å². The molecule has 1 unspecified atom stereocenters. The molecule has 5 heteroatoms. The Bertz CT molecular complexity index is 461. The molecule has 104 valence electrons. The van der Waals surface area contributed by atoms with Crippen LogP contribution in [0.25, 0.3) is 0 Å². The molecule has 1 aliphatic rings. The van der Waals surface area contributed by atoms with Crippen molar-refractivity contribution in [3.63, 3.8) is 0 Å². The Labute approximate surface area is 110 Å². The first-order chi connectivity index (χ1) is 8.95. The number of hydrogen-bond donors (Lipinski definition) is 1. The van der Waals surface area contributed by atoms with Crippen molar-refractivity contribution in [1.29, 1.82) is 0 Å². The van der Waals surface area contributed by atoms with E-state index in [0.717, 1.165) is 6.07 Å². The van der Waals surface area contributed by atoms with E-state index in [1.807, 2.05) is 0 Å². The highest BCUT2D eigenvalue weighted by Gasteiger charge is 2.43. The lowest BCUT2D eigenvalue weighted by Gasteiger charge is -2.40. The van der Waals surface area contributed by atoms with E-state index in [4.69, 9.17) is 4.74 Å². The molecule has 2 rings (SSSR count). The summed E-state index contributed by atoms with van der Waals surface area (Å²) in [4.78, 5) is 11.3. The molecule has 3 nitrogen and oxygen atoms in total. The van der Waals surface area contributed by atoms with E-state index in [0.29, 0.717) is 31.6 Å². The van der Waals surface area contributed by atoms with Gasteiger partial charge in [-0.05, 0) is 30.5 Å². The molecule has 1 fully saturated rings. The van der Waals surface area contributed by atoms with Crippen LogP contribution < -0.4 is 0 Å². The van der Waals surface area contributed by atoms with Crippen LogP contribution in [0, 0.1) is 17.6 Å². The molecule has 1 N–H and O–H groups in total. The molecule has 0 amide bonds. The summed E-state index contributed by atoms with van der Waals surface area (Å²) < 4.78 is 32.1. The largest absolute Gasteiger partial charge is 0.481 e. The summed E-state index contributed by atoms with van der Waals surface area (Å²) in [5.41, 5.74) is -0.365. The second kappa shape index (κ2) is 5.25. The van der Waals surface area contributed by atoms with Crippen molar-refractivity contribution >= 4 is 5.97 Å². The highest BCUT2D eigenvalue weighted by Crippen LogP contribution is 2.42. The fourth-order valence-corrected chi connectivity index (χ4v) is 2.78. The highest BCUT2D eigenvalue weighted by molar-refractivity contribution is 5.72. The van der Waals surface area contributed by atoms with Crippen LogP contribution in [0.5, 0.6) is 0 Å². The minimum atomic E-state index is -0.966. The average molecular weight is 270 g/mol. The van der Waals surface area contributed by atoms with Gasteiger partial charge < -0.3 is 9.84 Å². The molecule has 0 aliphatic carbocycles. The second-order valence-corrected chi connectivity index (χ2v) is 4.99. The smallest absolute Gasteiger partial charge is 0.307 e. The zero-order valence-corrected chi connectivity index (χ0v) is 10.7. The first kappa shape index (κ1) is 13.9. The van der Waals surface area contributed by atoms with Crippen molar-refractivity contribution in [3.8, 4) is 0 Å². The molecule has 0 bridgehead atoms. The van der Waals surface area contributed by atoms with Crippen LogP contribution in [0.4, 0.5) is 8.78 Å². The molecule has 1 saturated heterocycles. The number of halogens is 2. The minimum absolute atomic E-state index is 0.399. The Kier molecular flexibility index (Phi) is 3.85. The first-order valence-corrected chi connectivity index (χ1v) is 6.23. The number of carboxylic acid groups (broad SMARTS) is 1. The standard InChI is InChI=1S/C14H16F2O3/c1-9(13(17)18)14(2-4-19-5-3-14)10-6-11(15)8-12(16)7-10/h6-9H,2-5H2,1H3,(H,17,18). The van der Waals surface area contributed by atoms with Gasteiger partial charge in [-0.2, -0.15) is 0 Å². The first-order valence-electron chi connectivity index (χ1n) is 6.23. The van der Waals surface area contributed by atoms with Gasteiger partial charge in [0.2, 0.25) is 0 Å². The van der Waals surface area contributed by atoms with Crippen LogP contribution in [0.15, 0.2) is 18.2 Å². The molecule has 19 heavy (non-hydrogen) atoms. The van der Waals surface area contributed by atoms with Crippen molar-refractivity contribution in [2.24, 2.45) is 5.92 Å². The summed E-state index contributed by atoms with van der Waals surface area (Å²) in [7, 11) is 0. The van der Waals surface area contributed by atoms with Gasteiger partial charge in [-0.15, -0.1) is 0 Å². The fourth-order valence-electron chi connectivity index (χ4n) is 2.78. The molecule has 1 aromatic rings. The predicted octanol–water partition coefficient (Wildman–Crippen LogP) is 2.73. The summed E-state index contributed by atoms with van der Waals surface area (Å²) in [6.07, 6.45) is 0.896. The summed E-state index contributed by atoms with van der Waals surface area (Å²) in [6, 6.07) is 3.25. The third-order valence-electron chi connectivity index (χ3n) is 4.02. The van der Waals surface area contributed by atoms with Gasteiger partial charge in [-0.25, -0.2) is 8.78 Å². The van der Waals surface area contributed by atoms with Gasteiger partial charge in [0.1, 0.15) is 11.6 Å². The molecule has 1 aromatic carbocycles. The SMILES string of the molecule is CC(C(=O)O)C1(c2cc(F)cc(F)c2)CCOCC1. The van der Waals surface area contributed by atoms with Gasteiger partial charge in [-0.1, -0.05) is 6.92 Å². The number of hydrogen-bond acceptors (Lipinski definition) is 2. The summed E-state index contributed by atoms with van der Waals surface area (Å²) in [6.45, 7) is 2.38. The number of benzene rings is 1. The van der Waals surface area contributed by atoms with Crippen molar-refractivity contribution in [1.82, 2.24) is 0 Å². The monoisotopic (exact) mass is 270 g/mol. The molecule has 0 aromatic heterocycles. The Morgan fingerprint density at radius 1 is 1.26 bits per heavy atom. The third-order valence-corrected chi connectivity index (χ3v) is 4.02. The molecule has 0 spiro atoms. The number of carboxylic acids is 1. The normalized spacial score (nSPS) is 19.9. The van der Waals surface area contributed by atoms with E-state index < -0.39 is 28.9 Å². The molecule has 1 atom stereocenters. The Morgan fingerprint density at radius 2 is 1.79 bits per heavy atom. The van der Waals surface area contributed by atoms with Gasteiger partial charge in [0, 0.05) is 24.7 Å². The average Bonchev–Trinajstić information content (AvgIpc) is 2.37. The van der Waals surface area contributed by atoms with Crippen molar-refractivity contribution in [2.75, 3.05) is 13.2 Å². The predicted molar refractivity (Wildman–Crippen MR) is 64.9 cm³/mol. The van der Waals surface area contributed by atoms with Crippen LogP contribution >= 0.6 is 0 Å². The van der Waals surface area contributed by atoms with E-state index >= 15 is 0 Å². The van der Waals surface area contributed by atoms with Crippen molar-refractivity contribution in [2.45, 2.75) is 25.2 Å². The number of ether oxygens (including phenoxy) is 1. The summed E-state index contributed by atoms with van der Waals surface area (Å²) in [5, 5.41) is 9.27. The fraction of sp³-hybridized carbons (Fsp3) is 0.500. The second-order valence-electron chi connectivity index (χ2n) is 4.99. The van der Waals surface area contributed by atoms with E-state index in [1.165, 1.54) is 12.1 Å². The Hall–Kier alpha value is -1.49. The van der Waals surface area contributed by atoms with Crippen molar-refractivity contribution < 1.29 is 23.4 Å². The number of aliphatic carboxylic acids is 1. The summed E-state index contributed by atoms with van der Waals surface area (Å²) in [5.74, 6) is -3.05. The Morgan fingerprint density at radius 3 is 2.26 bits per heavy atom. The van der Waals surface area contributed by atoms with Gasteiger partial charge in [0.05, 0.1) is 5.92 Å². The van der Waals surface area contributed by atoms with E-state index in [-0.39, 0.29) is 0 Å². The maximum absolute atomic E-state index is 13.4. The zero-order valence-electron chi connectivity index (χ0n) is 10.7. The lowest BCUT2D eigenvalue weighted by atomic mass is 9.66. The molecule has 0 saturated carbocycles. The molecule has 1 heterocycles. The third kappa shape index (κ3) is 2.61. The molecular weight excluding hydrogens is 254 g/mol. The molecule has 1 aliphatic heterocycles. The highest BCUT2D eigenvalue weighted by atomic mass is 19.1. The number of rotatable bonds is 3. The lowest BCUT2D eigenvalue weighted by molar-refractivity contribution is -0.145. The van der Waals surface area contributed by atoms with E-state index in [9.17, 15) is 18.7 Å². The maximum Gasteiger partial charge on any atom is 0.307 e. The van der Waals surface area contributed by atoms with Crippen LogP contribution in [0.2, 0.25) is 0 Å². The molecule has 0 radical (unpaired) electrons. The zero-order chi connectivity index (χ0) is 14.0.